The highest BCUT2D eigenvalue weighted by Gasteiger charge is 2.49. The number of nitrogens with zero attached hydrogens (tertiary/aromatic N) is 1. The Morgan fingerprint density at radius 3 is 2.47 bits per heavy atom. The Kier molecular flexibility index (Phi) is 4.72. The molecule has 17 heavy (non-hydrogen) atoms. The molecule has 0 radical (unpaired) electrons. The zero-order valence-corrected chi connectivity index (χ0v) is 10.6. The number of hydrogen-bond donors (Lipinski definition) is 1. The van der Waals surface area contributed by atoms with Gasteiger partial charge in [-0.1, -0.05) is 0 Å². The standard InChI is InChI=1S/C11H18F2N2O.ClH/c1-15(5-8(12)13)11(16)9-6-2-3-7(4-6)10(9)14;/h6-10H,2-5,14H2,1H3;1H. The fourth-order valence-corrected chi connectivity index (χ4v) is 3.25. The molecule has 4 unspecified atom stereocenters. The maximum atomic E-state index is 12.2. The normalized spacial score (nSPS) is 34.9. The molecule has 0 spiro atoms. The molecule has 6 heteroatoms. The third-order valence-corrected chi connectivity index (χ3v) is 4.05. The molecule has 2 fully saturated rings. The van der Waals surface area contributed by atoms with Crippen LogP contribution >= 0.6 is 12.4 Å². The van der Waals surface area contributed by atoms with Crippen molar-refractivity contribution in [3.63, 3.8) is 0 Å². The summed E-state index contributed by atoms with van der Waals surface area (Å²) in [5.74, 6) is 0.342. The van der Waals surface area contributed by atoms with Crippen molar-refractivity contribution in [3.8, 4) is 0 Å². The van der Waals surface area contributed by atoms with Crippen LogP contribution in [-0.4, -0.2) is 36.9 Å². The Morgan fingerprint density at radius 1 is 1.41 bits per heavy atom. The lowest BCUT2D eigenvalue weighted by Crippen LogP contribution is -2.46. The highest BCUT2D eigenvalue weighted by Crippen LogP contribution is 2.48. The second-order valence-electron chi connectivity index (χ2n) is 5.05. The van der Waals surface area contributed by atoms with Gasteiger partial charge in [-0.2, -0.15) is 0 Å². The van der Waals surface area contributed by atoms with Crippen LogP contribution in [-0.2, 0) is 4.79 Å². The second kappa shape index (κ2) is 5.48. The van der Waals surface area contributed by atoms with Gasteiger partial charge in [-0.25, -0.2) is 8.78 Å². The summed E-state index contributed by atoms with van der Waals surface area (Å²) in [5, 5.41) is 0. The monoisotopic (exact) mass is 268 g/mol. The lowest BCUT2D eigenvalue weighted by Gasteiger charge is -2.30. The van der Waals surface area contributed by atoms with Crippen LogP contribution < -0.4 is 5.73 Å². The van der Waals surface area contributed by atoms with Gasteiger partial charge in [0.2, 0.25) is 5.91 Å². The van der Waals surface area contributed by atoms with Crippen molar-refractivity contribution < 1.29 is 13.6 Å². The largest absolute Gasteiger partial charge is 0.340 e. The van der Waals surface area contributed by atoms with Gasteiger partial charge in [0, 0.05) is 13.1 Å². The van der Waals surface area contributed by atoms with E-state index in [1.807, 2.05) is 0 Å². The zero-order valence-electron chi connectivity index (χ0n) is 9.81. The number of nitrogens with two attached hydrogens (primary N) is 1. The molecule has 0 saturated heterocycles. The molecule has 0 aromatic heterocycles. The first-order valence-electron chi connectivity index (χ1n) is 5.79. The molecule has 2 aliphatic rings. The SMILES string of the molecule is CN(CC(F)F)C(=O)C1C2CCC(C2)C1N.Cl. The Bertz CT molecular complexity index is 289. The summed E-state index contributed by atoms with van der Waals surface area (Å²) >= 11 is 0. The third-order valence-electron chi connectivity index (χ3n) is 4.05. The number of amides is 1. The summed E-state index contributed by atoms with van der Waals surface area (Å²) in [5.41, 5.74) is 6.00. The number of alkyl halides is 2. The molecule has 2 saturated carbocycles. The van der Waals surface area contributed by atoms with Crippen LogP contribution in [0.1, 0.15) is 19.3 Å². The van der Waals surface area contributed by atoms with Crippen LogP contribution in [0.2, 0.25) is 0 Å². The second-order valence-corrected chi connectivity index (χ2v) is 5.05. The molecular weight excluding hydrogens is 250 g/mol. The lowest BCUT2D eigenvalue weighted by atomic mass is 9.84. The predicted molar refractivity (Wildman–Crippen MR) is 63.2 cm³/mol. The van der Waals surface area contributed by atoms with E-state index in [0.717, 1.165) is 24.2 Å². The molecule has 4 atom stereocenters. The van der Waals surface area contributed by atoms with Crippen molar-refractivity contribution in [2.24, 2.45) is 23.5 Å². The van der Waals surface area contributed by atoms with Crippen LogP contribution in [0.4, 0.5) is 8.78 Å². The molecule has 0 heterocycles. The van der Waals surface area contributed by atoms with Crippen LogP contribution in [0, 0.1) is 17.8 Å². The molecule has 3 nitrogen and oxygen atoms in total. The quantitative estimate of drug-likeness (QED) is 0.843. The van der Waals surface area contributed by atoms with Gasteiger partial charge in [-0.15, -0.1) is 12.4 Å². The molecule has 100 valence electrons. The molecule has 0 aliphatic heterocycles. The van der Waals surface area contributed by atoms with E-state index in [2.05, 4.69) is 0 Å². The predicted octanol–water partition coefficient (Wildman–Crippen LogP) is 1.51. The van der Waals surface area contributed by atoms with E-state index in [9.17, 15) is 13.6 Å². The number of carbonyl (C=O) groups is 1. The summed E-state index contributed by atoms with van der Waals surface area (Å²) in [7, 11) is 1.44. The van der Waals surface area contributed by atoms with Gasteiger partial charge >= 0.3 is 0 Å². The molecule has 0 aromatic carbocycles. The first kappa shape index (κ1) is 14.6. The number of hydrogen-bond acceptors (Lipinski definition) is 2. The van der Waals surface area contributed by atoms with E-state index in [0.29, 0.717) is 11.8 Å². The highest BCUT2D eigenvalue weighted by molar-refractivity contribution is 5.85. The van der Waals surface area contributed by atoms with Crippen LogP contribution in [0.25, 0.3) is 0 Å². The van der Waals surface area contributed by atoms with Crippen molar-refractivity contribution in [1.29, 1.82) is 0 Å². The topological polar surface area (TPSA) is 46.3 Å². The summed E-state index contributed by atoms with van der Waals surface area (Å²) in [4.78, 5) is 13.1. The number of fused-ring (bicyclic) bond motifs is 2. The Labute approximate surface area is 106 Å². The van der Waals surface area contributed by atoms with Crippen molar-refractivity contribution in [2.45, 2.75) is 31.7 Å². The van der Waals surface area contributed by atoms with Crippen molar-refractivity contribution in [1.82, 2.24) is 4.90 Å². The smallest absolute Gasteiger partial charge is 0.255 e. The third kappa shape index (κ3) is 2.71. The van der Waals surface area contributed by atoms with Gasteiger partial charge in [0.05, 0.1) is 12.5 Å². The van der Waals surface area contributed by atoms with E-state index in [1.165, 1.54) is 7.05 Å². The van der Waals surface area contributed by atoms with E-state index in [1.54, 1.807) is 0 Å². The maximum Gasteiger partial charge on any atom is 0.255 e. The van der Waals surface area contributed by atoms with Gasteiger partial charge in [0.25, 0.3) is 6.43 Å². The van der Waals surface area contributed by atoms with Crippen LogP contribution in [0.15, 0.2) is 0 Å². The first-order chi connectivity index (χ1) is 7.50. The number of rotatable bonds is 3. The zero-order chi connectivity index (χ0) is 11.9. The number of halogens is 3. The summed E-state index contributed by atoms with van der Waals surface area (Å²) in [6.07, 6.45) is 0.648. The van der Waals surface area contributed by atoms with Crippen LogP contribution in [0.3, 0.4) is 0 Å². The fourth-order valence-electron chi connectivity index (χ4n) is 3.25. The van der Waals surface area contributed by atoms with E-state index in [-0.39, 0.29) is 30.3 Å². The van der Waals surface area contributed by atoms with Gasteiger partial charge in [0.15, 0.2) is 0 Å². The molecule has 2 rings (SSSR count). The highest BCUT2D eigenvalue weighted by atomic mass is 35.5. The van der Waals surface area contributed by atoms with Crippen molar-refractivity contribution in [2.75, 3.05) is 13.6 Å². The molecule has 2 bridgehead atoms. The average molecular weight is 269 g/mol. The number of carbonyl (C=O) groups excluding carboxylic acids is 1. The van der Waals surface area contributed by atoms with Gasteiger partial charge in [-0.3, -0.25) is 4.79 Å². The molecule has 0 aromatic rings. The first-order valence-corrected chi connectivity index (χ1v) is 5.79. The molecule has 1 amide bonds. The van der Waals surface area contributed by atoms with Gasteiger partial charge in [-0.05, 0) is 31.1 Å². The van der Waals surface area contributed by atoms with Crippen LogP contribution in [0.5, 0.6) is 0 Å². The molecular formula is C11H19ClF2N2O. The molecule has 2 aliphatic carbocycles. The van der Waals surface area contributed by atoms with E-state index < -0.39 is 13.0 Å². The Hall–Kier alpha value is -0.420. The summed E-state index contributed by atoms with van der Waals surface area (Å²) in [6.45, 7) is -0.487. The minimum atomic E-state index is -2.47. The minimum absolute atomic E-state index is 0. The molecule has 2 N–H and O–H groups in total. The van der Waals surface area contributed by atoms with Gasteiger partial charge in [0.1, 0.15) is 0 Å². The Morgan fingerprint density at radius 2 is 2.00 bits per heavy atom. The van der Waals surface area contributed by atoms with Crippen molar-refractivity contribution >= 4 is 18.3 Å². The Balaban J connectivity index is 0.00000144. The summed E-state index contributed by atoms with van der Waals surface area (Å²) < 4.78 is 24.4. The minimum Gasteiger partial charge on any atom is -0.340 e. The maximum absolute atomic E-state index is 12.2. The van der Waals surface area contributed by atoms with Gasteiger partial charge < -0.3 is 10.6 Å². The average Bonchev–Trinajstić information content (AvgIpc) is 2.75. The fraction of sp³-hybridized carbons (Fsp3) is 0.909. The summed E-state index contributed by atoms with van der Waals surface area (Å²) in [6, 6.07) is -0.119. The van der Waals surface area contributed by atoms with E-state index in [4.69, 9.17) is 5.73 Å². The van der Waals surface area contributed by atoms with Crippen molar-refractivity contribution in [3.05, 3.63) is 0 Å². The van der Waals surface area contributed by atoms with E-state index >= 15 is 0 Å². The lowest BCUT2D eigenvalue weighted by molar-refractivity contribution is -0.138.